The fourth-order valence-corrected chi connectivity index (χ4v) is 1.14. The van der Waals surface area contributed by atoms with E-state index in [0.717, 1.165) is 6.08 Å². The molecule has 0 fully saturated rings. The maximum Gasteiger partial charge on any atom is 0.414 e. The highest BCUT2D eigenvalue weighted by atomic mass is 19.4. The molecule has 0 aliphatic heterocycles. The van der Waals surface area contributed by atoms with Gasteiger partial charge in [-0.05, 0) is 11.6 Å². The second-order valence-corrected chi connectivity index (χ2v) is 3.56. The molecule has 9 heteroatoms. The van der Waals surface area contributed by atoms with E-state index in [1.165, 1.54) is 30.3 Å². The molecule has 6 nitrogen and oxygen atoms in total. The van der Waals surface area contributed by atoms with Crippen molar-refractivity contribution in [3.05, 3.63) is 46.0 Å². The van der Waals surface area contributed by atoms with Crippen LogP contribution in [0.25, 0.3) is 6.08 Å². The van der Waals surface area contributed by atoms with E-state index >= 15 is 0 Å². The van der Waals surface area contributed by atoms with Gasteiger partial charge in [-0.3, -0.25) is 19.7 Å². The minimum Gasteiger partial charge on any atom is -0.268 e. The van der Waals surface area contributed by atoms with Gasteiger partial charge in [0.1, 0.15) is 0 Å². The number of nitro groups is 1. The lowest BCUT2D eigenvalue weighted by molar-refractivity contribution is -0.384. The number of amides is 1. The fraction of sp³-hybridized carbons (Fsp3) is 0.182. The third-order valence-corrected chi connectivity index (χ3v) is 1.92. The molecule has 0 bridgehead atoms. The van der Waals surface area contributed by atoms with Gasteiger partial charge in [0.25, 0.3) is 11.6 Å². The minimum absolute atomic E-state index is 0.166. The van der Waals surface area contributed by atoms with Gasteiger partial charge in [-0.15, -0.1) is 0 Å². The van der Waals surface area contributed by atoms with Gasteiger partial charge in [0.2, 0.25) is 0 Å². The summed E-state index contributed by atoms with van der Waals surface area (Å²) in [7, 11) is 0. The highest BCUT2D eigenvalue weighted by molar-refractivity contribution is 5.91. The second kappa shape index (κ2) is 6.66. The molecule has 0 radical (unpaired) electrons. The first-order valence-corrected chi connectivity index (χ1v) is 5.19. The lowest BCUT2D eigenvalue weighted by atomic mass is 10.2. The van der Waals surface area contributed by atoms with Gasteiger partial charge in [0.05, 0.1) is 4.92 Å². The van der Waals surface area contributed by atoms with Crippen LogP contribution in [0.3, 0.4) is 0 Å². The van der Waals surface area contributed by atoms with Crippen LogP contribution in [-0.4, -0.2) is 23.6 Å². The summed E-state index contributed by atoms with van der Waals surface area (Å²) in [6.07, 6.45) is -2.44. The molecular formula is C11H9F3N2O4. The molecule has 1 aromatic rings. The molecule has 1 aromatic carbocycles. The van der Waals surface area contributed by atoms with Crippen molar-refractivity contribution in [2.24, 2.45) is 0 Å². The van der Waals surface area contributed by atoms with Crippen molar-refractivity contribution in [2.45, 2.75) is 6.18 Å². The van der Waals surface area contributed by atoms with Crippen LogP contribution in [0.15, 0.2) is 30.3 Å². The van der Waals surface area contributed by atoms with Crippen molar-refractivity contribution in [3.63, 3.8) is 0 Å². The molecule has 0 spiro atoms. The van der Waals surface area contributed by atoms with Crippen LogP contribution in [0.1, 0.15) is 5.56 Å². The lowest BCUT2D eigenvalue weighted by Gasteiger charge is -2.06. The van der Waals surface area contributed by atoms with Crippen LogP contribution in [0.2, 0.25) is 0 Å². The summed E-state index contributed by atoms with van der Waals surface area (Å²) < 4.78 is 35.2. The van der Waals surface area contributed by atoms with Gasteiger partial charge in [0, 0.05) is 18.2 Å². The molecule has 0 aliphatic rings. The van der Waals surface area contributed by atoms with Crippen LogP contribution in [0.5, 0.6) is 0 Å². The van der Waals surface area contributed by atoms with Gasteiger partial charge in [-0.25, -0.2) is 5.48 Å². The molecule has 0 aromatic heterocycles. The molecule has 1 N–H and O–H groups in total. The number of hydrogen-bond acceptors (Lipinski definition) is 4. The van der Waals surface area contributed by atoms with E-state index in [9.17, 15) is 28.1 Å². The molecule has 0 unspecified atom stereocenters. The third kappa shape index (κ3) is 5.96. The van der Waals surface area contributed by atoms with Crippen LogP contribution >= 0.6 is 0 Å². The summed E-state index contributed by atoms with van der Waals surface area (Å²) in [5.74, 6) is -0.916. The quantitative estimate of drug-likeness (QED) is 0.512. The van der Waals surface area contributed by atoms with Gasteiger partial charge in [0.15, 0.2) is 6.61 Å². The summed E-state index contributed by atoms with van der Waals surface area (Å²) >= 11 is 0. The first-order chi connectivity index (χ1) is 9.28. The summed E-state index contributed by atoms with van der Waals surface area (Å²) in [6.45, 7) is -1.61. The number of non-ortho nitro benzene ring substituents is 1. The predicted molar refractivity (Wildman–Crippen MR) is 62.3 cm³/mol. The minimum atomic E-state index is -4.54. The van der Waals surface area contributed by atoms with E-state index in [0.29, 0.717) is 5.56 Å². The number of nitrogens with one attached hydrogen (secondary N) is 1. The Kier molecular flexibility index (Phi) is 5.21. The Morgan fingerprint density at radius 3 is 2.75 bits per heavy atom. The van der Waals surface area contributed by atoms with E-state index < -0.39 is 23.6 Å². The Morgan fingerprint density at radius 2 is 2.15 bits per heavy atom. The Balaban J connectivity index is 2.53. The smallest absolute Gasteiger partial charge is 0.268 e. The number of nitro benzene ring substituents is 1. The van der Waals surface area contributed by atoms with Crippen molar-refractivity contribution in [3.8, 4) is 0 Å². The number of hydroxylamine groups is 1. The van der Waals surface area contributed by atoms with Crippen molar-refractivity contribution < 1.29 is 27.7 Å². The van der Waals surface area contributed by atoms with Crippen molar-refractivity contribution >= 4 is 17.7 Å². The SMILES string of the molecule is O=C(/C=C/c1cccc([N+](=O)[O-])c1)NOCC(F)(F)F. The number of benzene rings is 1. The topological polar surface area (TPSA) is 81.5 Å². The Bertz CT molecular complexity index is 529. The number of hydrogen-bond donors (Lipinski definition) is 1. The maximum absolute atomic E-state index is 11.7. The molecular weight excluding hydrogens is 281 g/mol. The summed E-state index contributed by atoms with van der Waals surface area (Å²) in [5, 5.41) is 10.5. The number of rotatable bonds is 5. The molecule has 0 saturated carbocycles. The second-order valence-electron chi connectivity index (χ2n) is 3.56. The predicted octanol–water partition coefficient (Wildman–Crippen LogP) is 2.22. The standard InChI is InChI=1S/C11H9F3N2O4/c12-11(13,14)7-20-15-10(17)5-4-8-2-1-3-9(6-8)16(18)19/h1-6H,7H2,(H,15,17)/b5-4+. The van der Waals surface area contributed by atoms with E-state index in [4.69, 9.17) is 0 Å². The maximum atomic E-state index is 11.7. The van der Waals surface area contributed by atoms with Crippen molar-refractivity contribution in [1.82, 2.24) is 5.48 Å². The highest BCUT2D eigenvalue weighted by Crippen LogP contribution is 2.14. The first-order valence-electron chi connectivity index (χ1n) is 5.19. The zero-order chi connectivity index (χ0) is 15.2. The van der Waals surface area contributed by atoms with Gasteiger partial charge in [-0.2, -0.15) is 13.2 Å². The van der Waals surface area contributed by atoms with Gasteiger partial charge in [-0.1, -0.05) is 12.1 Å². The Hall–Kier alpha value is -2.42. The summed E-state index contributed by atoms with van der Waals surface area (Å²) in [6, 6.07) is 5.38. The van der Waals surface area contributed by atoms with Gasteiger partial charge >= 0.3 is 6.18 Å². The van der Waals surface area contributed by atoms with E-state index in [2.05, 4.69) is 4.84 Å². The first kappa shape index (κ1) is 15.6. The van der Waals surface area contributed by atoms with Crippen LogP contribution in [-0.2, 0) is 9.63 Å². The molecule has 1 rings (SSSR count). The monoisotopic (exact) mass is 290 g/mol. The molecule has 1 amide bonds. The zero-order valence-electron chi connectivity index (χ0n) is 9.89. The number of nitrogens with zero attached hydrogens (tertiary/aromatic N) is 1. The van der Waals surface area contributed by atoms with E-state index in [1.807, 2.05) is 0 Å². The highest BCUT2D eigenvalue weighted by Gasteiger charge is 2.28. The molecule has 0 aliphatic carbocycles. The Morgan fingerprint density at radius 1 is 1.45 bits per heavy atom. The molecule has 108 valence electrons. The van der Waals surface area contributed by atoms with E-state index in [1.54, 1.807) is 5.48 Å². The summed E-state index contributed by atoms with van der Waals surface area (Å²) in [4.78, 5) is 24.9. The largest absolute Gasteiger partial charge is 0.414 e. The number of carbonyl (C=O) groups is 1. The average Bonchev–Trinajstić information content (AvgIpc) is 2.35. The number of halogens is 3. The van der Waals surface area contributed by atoms with Crippen LogP contribution in [0, 0.1) is 10.1 Å². The molecule has 0 saturated heterocycles. The number of alkyl halides is 3. The van der Waals surface area contributed by atoms with E-state index in [-0.39, 0.29) is 5.69 Å². The third-order valence-electron chi connectivity index (χ3n) is 1.92. The Labute approximate surface area is 110 Å². The van der Waals surface area contributed by atoms with Gasteiger partial charge < -0.3 is 0 Å². The summed E-state index contributed by atoms with van der Waals surface area (Å²) in [5.41, 5.74) is 1.75. The van der Waals surface area contributed by atoms with Crippen molar-refractivity contribution in [1.29, 1.82) is 0 Å². The lowest BCUT2D eigenvalue weighted by Crippen LogP contribution is -2.28. The van der Waals surface area contributed by atoms with Crippen LogP contribution < -0.4 is 5.48 Å². The zero-order valence-corrected chi connectivity index (χ0v) is 9.89. The molecule has 20 heavy (non-hydrogen) atoms. The van der Waals surface area contributed by atoms with Crippen molar-refractivity contribution in [2.75, 3.05) is 6.61 Å². The fourth-order valence-electron chi connectivity index (χ4n) is 1.14. The molecule has 0 atom stereocenters. The molecule has 0 heterocycles. The normalized spacial score (nSPS) is 11.6. The van der Waals surface area contributed by atoms with Crippen LogP contribution in [0.4, 0.5) is 18.9 Å². The number of carbonyl (C=O) groups excluding carboxylic acids is 1. The average molecular weight is 290 g/mol.